The minimum atomic E-state index is -0.0651. The van der Waals surface area contributed by atoms with Crippen molar-refractivity contribution in [2.45, 2.75) is 45.2 Å². The summed E-state index contributed by atoms with van der Waals surface area (Å²) in [4.78, 5) is 4.72. The number of aliphatic imine (C=N–C) groups is 1. The molecule has 1 aliphatic heterocycles. The second kappa shape index (κ2) is 4.69. The lowest BCUT2D eigenvalue weighted by molar-refractivity contribution is 0.419. The first-order chi connectivity index (χ1) is 7.79. The van der Waals surface area contributed by atoms with Crippen molar-refractivity contribution in [3.05, 3.63) is 29.8 Å². The van der Waals surface area contributed by atoms with Gasteiger partial charge in [0, 0.05) is 17.5 Å². The summed E-state index contributed by atoms with van der Waals surface area (Å²) in [6, 6.07) is 8.37. The summed E-state index contributed by atoms with van der Waals surface area (Å²) < 4.78 is 0. The van der Waals surface area contributed by atoms with Crippen LogP contribution >= 0.6 is 0 Å². The van der Waals surface area contributed by atoms with E-state index in [4.69, 9.17) is 4.99 Å². The number of rotatable bonds is 4. The van der Waals surface area contributed by atoms with Crippen LogP contribution < -0.4 is 5.32 Å². The third kappa shape index (κ3) is 2.11. The van der Waals surface area contributed by atoms with Crippen LogP contribution in [0.3, 0.4) is 0 Å². The highest BCUT2D eigenvalue weighted by Gasteiger charge is 2.28. The van der Waals surface area contributed by atoms with Crippen LogP contribution in [0.15, 0.2) is 29.3 Å². The van der Waals surface area contributed by atoms with Crippen LogP contribution in [0.1, 0.15) is 45.1 Å². The molecule has 0 fully saturated rings. The molecule has 1 unspecified atom stereocenters. The minimum Gasteiger partial charge on any atom is -0.361 e. The van der Waals surface area contributed by atoms with E-state index in [9.17, 15) is 0 Å². The van der Waals surface area contributed by atoms with Crippen molar-refractivity contribution < 1.29 is 0 Å². The number of anilines is 1. The Morgan fingerprint density at radius 1 is 1.25 bits per heavy atom. The first kappa shape index (κ1) is 11.2. The maximum absolute atomic E-state index is 4.72. The van der Waals surface area contributed by atoms with Gasteiger partial charge in [-0.25, -0.2) is 0 Å². The average molecular weight is 216 g/mol. The van der Waals surface area contributed by atoms with Gasteiger partial charge in [0.05, 0.1) is 0 Å². The summed E-state index contributed by atoms with van der Waals surface area (Å²) in [6.45, 7) is 4.43. The van der Waals surface area contributed by atoms with E-state index in [0.29, 0.717) is 0 Å². The lowest BCUT2D eigenvalue weighted by Crippen LogP contribution is -2.38. The molecule has 0 spiro atoms. The molecule has 2 heteroatoms. The van der Waals surface area contributed by atoms with Crippen molar-refractivity contribution in [1.29, 1.82) is 0 Å². The number of fused-ring (bicyclic) bond motifs is 1. The summed E-state index contributed by atoms with van der Waals surface area (Å²) in [5.74, 6) is 0. The molecule has 2 rings (SSSR count). The van der Waals surface area contributed by atoms with Crippen molar-refractivity contribution in [2.75, 3.05) is 5.32 Å². The van der Waals surface area contributed by atoms with Gasteiger partial charge in [-0.3, -0.25) is 4.99 Å². The van der Waals surface area contributed by atoms with Crippen LogP contribution in [0.25, 0.3) is 0 Å². The van der Waals surface area contributed by atoms with Gasteiger partial charge in [-0.05, 0) is 25.3 Å². The number of nitrogens with one attached hydrogen (secondary N) is 1. The molecule has 1 heterocycles. The molecule has 0 bridgehead atoms. The fourth-order valence-corrected chi connectivity index (χ4v) is 2.15. The Labute approximate surface area is 97.8 Å². The molecule has 0 saturated carbocycles. The maximum atomic E-state index is 4.72. The molecule has 86 valence electrons. The van der Waals surface area contributed by atoms with E-state index >= 15 is 0 Å². The highest BCUT2D eigenvalue weighted by atomic mass is 15.2. The van der Waals surface area contributed by atoms with Crippen LogP contribution in [0.2, 0.25) is 0 Å². The number of unbranched alkanes of at least 4 members (excludes halogenated alkanes) is 1. The van der Waals surface area contributed by atoms with E-state index in [0.717, 1.165) is 12.8 Å². The summed E-state index contributed by atoms with van der Waals surface area (Å²) in [6.07, 6.45) is 6.62. The summed E-state index contributed by atoms with van der Waals surface area (Å²) in [5, 5.41) is 3.60. The van der Waals surface area contributed by atoms with Crippen LogP contribution in [-0.4, -0.2) is 11.9 Å². The summed E-state index contributed by atoms with van der Waals surface area (Å²) in [7, 11) is 0. The van der Waals surface area contributed by atoms with E-state index < -0.39 is 0 Å². The van der Waals surface area contributed by atoms with Crippen molar-refractivity contribution in [2.24, 2.45) is 4.99 Å². The molecule has 1 aliphatic rings. The van der Waals surface area contributed by atoms with Crippen LogP contribution in [0, 0.1) is 0 Å². The predicted molar refractivity (Wildman–Crippen MR) is 70.2 cm³/mol. The second-order valence-electron chi connectivity index (χ2n) is 4.46. The second-order valence-corrected chi connectivity index (χ2v) is 4.46. The van der Waals surface area contributed by atoms with Crippen LogP contribution in [0.5, 0.6) is 0 Å². The van der Waals surface area contributed by atoms with Gasteiger partial charge in [0.15, 0.2) is 0 Å². The van der Waals surface area contributed by atoms with Gasteiger partial charge >= 0.3 is 0 Å². The Morgan fingerprint density at radius 3 is 2.81 bits per heavy atom. The number of para-hydroxylation sites is 1. The lowest BCUT2D eigenvalue weighted by Gasteiger charge is -2.34. The minimum absolute atomic E-state index is 0.0651. The fourth-order valence-electron chi connectivity index (χ4n) is 2.15. The molecule has 0 radical (unpaired) electrons. The highest BCUT2D eigenvalue weighted by Crippen LogP contribution is 2.30. The Balaban J connectivity index is 2.22. The average Bonchev–Trinajstić information content (AvgIpc) is 2.36. The topological polar surface area (TPSA) is 24.4 Å². The smallest absolute Gasteiger partial charge is 0.129 e. The molecule has 0 aliphatic carbocycles. The quantitative estimate of drug-likeness (QED) is 0.812. The highest BCUT2D eigenvalue weighted by molar-refractivity contribution is 5.90. The summed E-state index contributed by atoms with van der Waals surface area (Å²) in [5.41, 5.74) is 2.35. The standard InChI is InChI=1S/C14H20N2/c1-3-5-10-14(4-2)15-11-12-8-6-7-9-13(12)16-14/h6-9,11,16H,3-5,10H2,1-2H3. The molecule has 1 aromatic rings. The monoisotopic (exact) mass is 216 g/mol. The number of nitrogens with zero attached hydrogens (tertiary/aromatic N) is 1. The van der Waals surface area contributed by atoms with E-state index in [1.807, 2.05) is 6.21 Å². The normalized spacial score (nSPS) is 22.6. The Morgan fingerprint density at radius 2 is 2.06 bits per heavy atom. The lowest BCUT2D eigenvalue weighted by atomic mass is 9.97. The molecule has 0 amide bonds. The van der Waals surface area contributed by atoms with Gasteiger partial charge in [0.2, 0.25) is 0 Å². The maximum Gasteiger partial charge on any atom is 0.129 e. The Kier molecular flexibility index (Phi) is 3.28. The Bertz CT molecular complexity index is 384. The summed E-state index contributed by atoms with van der Waals surface area (Å²) >= 11 is 0. The van der Waals surface area contributed by atoms with E-state index in [1.165, 1.54) is 24.1 Å². The van der Waals surface area contributed by atoms with Gasteiger partial charge < -0.3 is 5.32 Å². The first-order valence-corrected chi connectivity index (χ1v) is 6.22. The molecular weight excluding hydrogens is 196 g/mol. The molecule has 0 saturated heterocycles. The largest absolute Gasteiger partial charge is 0.361 e. The number of hydrogen-bond donors (Lipinski definition) is 1. The molecule has 1 N–H and O–H groups in total. The molecule has 1 atom stereocenters. The fraction of sp³-hybridized carbons (Fsp3) is 0.500. The Hall–Kier alpha value is -1.31. The third-order valence-electron chi connectivity index (χ3n) is 3.31. The van der Waals surface area contributed by atoms with E-state index in [-0.39, 0.29) is 5.66 Å². The predicted octanol–water partition coefficient (Wildman–Crippen LogP) is 3.83. The first-order valence-electron chi connectivity index (χ1n) is 6.22. The van der Waals surface area contributed by atoms with Gasteiger partial charge in [-0.2, -0.15) is 0 Å². The van der Waals surface area contributed by atoms with Crippen LogP contribution in [0.4, 0.5) is 5.69 Å². The van der Waals surface area contributed by atoms with Gasteiger partial charge in [0.25, 0.3) is 0 Å². The van der Waals surface area contributed by atoms with Gasteiger partial charge in [-0.1, -0.05) is 38.5 Å². The zero-order valence-corrected chi connectivity index (χ0v) is 10.2. The van der Waals surface area contributed by atoms with E-state index in [2.05, 4.69) is 43.4 Å². The third-order valence-corrected chi connectivity index (χ3v) is 3.31. The zero-order chi connectivity index (χ0) is 11.4. The molecule has 0 aromatic heterocycles. The number of hydrogen-bond acceptors (Lipinski definition) is 2. The van der Waals surface area contributed by atoms with Crippen molar-refractivity contribution in [1.82, 2.24) is 0 Å². The zero-order valence-electron chi connectivity index (χ0n) is 10.2. The SMILES string of the molecule is CCCCC1(CC)N=Cc2ccccc2N1. The number of benzene rings is 1. The van der Waals surface area contributed by atoms with Gasteiger partial charge in [0.1, 0.15) is 5.66 Å². The van der Waals surface area contributed by atoms with Crippen molar-refractivity contribution in [3.8, 4) is 0 Å². The molecule has 1 aromatic carbocycles. The van der Waals surface area contributed by atoms with Crippen LogP contribution in [-0.2, 0) is 0 Å². The molecular formula is C14H20N2. The van der Waals surface area contributed by atoms with Crippen molar-refractivity contribution in [3.63, 3.8) is 0 Å². The van der Waals surface area contributed by atoms with Crippen molar-refractivity contribution >= 4 is 11.9 Å². The van der Waals surface area contributed by atoms with Gasteiger partial charge in [-0.15, -0.1) is 0 Å². The van der Waals surface area contributed by atoms with E-state index in [1.54, 1.807) is 0 Å². The molecule has 16 heavy (non-hydrogen) atoms. The molecule has 2 nitrogen and oxygen atoms in total.